The smallest absolute Gasteiger partial charge is 0.340 e. The molecule has 0 saturated carbocycles. The molecule has 3 rings (SSSR count). The molecule has 0 aliphatic rings. The van der Waals surface area contributed by atoms with Gasteiger partial charge >= 0.3 is 11.9 Å². The van der Waals surface area contributed by atoms with E-state index in [4.69, 9.17) is 59.0 Å². The van der Waals surface area contributed by atoms with E-state index in [1.54, 1.807) is 38.5 Å². The van der Waals surface area contributed by atoms with E-state index < -0.39 is 23.8 Å². The summed E-state index contributed by atoms with van der Waals surface area (Å²) in [7, 11) is 3.20. The Hall–Kier alpha value is -4.56. The molecule has 1 heterocycles. The Morgan fingerprint density at radius 1 is 0.491 bits per heavy atom. The van der Waals surface area contributed by atoms with Gasteiger partial charge in [0.15, 0.2) is 0 Å². The average molecular weight is 820 g/mol. The standard InChI is InChI=1S/C39H50ClN3O14/c1-48-11-13-50-15-17-52-19-21-54-23-25-56-38(46)30-7-3-5-9-32(30)42-36(44)34-27-29(40)28-35(41-34)37(45)43-33-10-6-4-8-31(33)39(47)57-26-24-55-22-20-53-18-16-51-14-12-49-2/h3-10,27-28H,11-26H2,1-2H3,(H,42,44)(H,43,45). The van der Waals surface area contributed by atoms with Crippen LogP contribution in [0.2, 0.25) is 5.02 Å². The maximum Gasteiger partial charge on any atom is 0.340 e. The zero-order valence-corrected chi connectivity index (χ0v) is 32.9. The van der Waals surface area contributed by atoms with Crippen LogP contribution in [0.1, 0.15) is 41.7 Å². The molecule has 0 saturated heterocycles. The van der Waals surface area contributed by atoms with Crippen LogP contribution in [0.5, 0.6) is 0 Å². The van der Waals surface area contributed by atoms with E-state index in [-0.39, 0.29) is 65.3 Å². The summed E-state index contributed by atoms with van der Waals surface area (Å²) >= 11 is 6.28. The largest absolute Gasteiger partial charge is 0.460 e. The maximum absolute atomic E-state index is 13.3. The molecule has 2 N–H and O–H groups in total. The minimum Gasteiger partial charge on any atom is -0.460 e. The summed E-state index contributed by atoms with van der Waals surface area (Å²) in [6.45, 7) is 5.25. The van der Waals surface area contributed by atoms with Crippen LogP contribution < -0.4 is 10.6 Å². The number of carbonyl (C=O) groups is 4. The van der Waals surface area contributed by atoms with Gasteiger partial charge in [0.25, 0.3) is 11.8 Å². The van der Waals surface area contributed by atoms with E-state index in [2.05, 4.69) is 15.6 Å². The van der Waals surface area contributed by atoms with Crippen molar-refractivity contribution in [3.05, 3.63) is 88.2 Å². The van der Waals surface area contributed by atoms with Gasteiger partial charge in [-0.2, -0.15) is 0 Å². The summed E-state index contributed by atoms with van der Waals surface area (Å²) in [4.78, 5) is 56.5. The van der Waals surface area contributed by atoms with Crippen LogP contribution in [0.25, 0.3) is 0 Å². The van der Waals surface area contributed by atoms with Crippen molar-refractivity contribution in [2.24, 2.45) is 0 Å². The highest BCUT2D eigenvalue weighted by Gasteiger charge is 2.20. The minimum atomic E-state index is -0.746. The summed E-state index contributed by atoms with van der Waals surface area (Å²) in [5, 5.41) is 5.30. The maximum atomic E-state index is 13.3. The number of rotatable bonds is 30. The quantitative estimate of drug-likeness (QED) is 0.0724. The zero-order chi connectivity index (χ0) is 40.9. The monoisotopic (exact) mass is 819 g/mol. The summed E-state index contributed by atoms with van der Waals surface area (Å²) in [6, 6.07) is 15.0. The fourth-order valence-corrected chi connectivity index (χ4v) is 4.76. The van der Waals surface area contributed by atoms with Crippen LogP contribution in [0.3, 0.4) is 0 Å². The normalized spacial score (nSPS) is 10.9. The van der Waals surface area contributed by atoms with E-state index in [0.29, 0.717) is 79.3 Å². The van der Waals surface area contributed by atoms with Crippen molar-refractivity contribution in [3.8, 4) is 0 Å². The van der Waals surface area contributed by atoms with Crippen LogP contribution in [-0.4, -0.2) is 149 Å². The highest BCUT2D eigenvalue weighted by atomic mass is 35.5. The van der Waals surface area contributed by atoms with Crippen molar-refractivity contribution in [1.29, 1.82) is 0 Å². The molecule has 0 atom stereocenters. The average Bonchev–Trinajstić information content (AvgIpc) is 3.21. The van der Waals surface area contributed by atoms with Crippen molar-refractivity contribution >= 4 is 46.7 Å². The molecule has 2 amide bonds. The molecule has 0 fully saturated rings. The number of methoxy groups -OCH3 is 2. The second-order valence-corrected chi connectivity index (χ2v) is 11.9. The van der Waals surface area contributed by atoms with Crippen molar-refractivity contribution in [3.63, 3.8) is 0 Å². The van der Waals surface area contributed by atoms with Gasteiger partial charge in [-0.3, -0.25) is 9.59 Å². The Morgan fingerprint density at radius 2 is 0.807 bits per heavy atom. The van der Waals surface area contributed by atoms with Crippen LogP contribution in [-0.2, 0) is 47.4 Å². The van der Waals surface area contributed by atoms with Crippen molar-refractivity contribution < 1.29 is 66.5 Å². The van der Waals surface area contributed by atoms with E-state index in [9.17, 15) is 19.2 Å². The predicted molar refractivity (Wildman–Crippen MR) is 207 cm³/mol. The first kappa shape index (κ1) is 46.8. The van der Waals surface area contributed by atoms with Gasteiger partial charge in [0.2, 0.25) is 0 Å². The van der Waals surface area contributed by atoms with Gasteiger partial charge in [0, 0.05) is 19.2 Å². The number of benzene rings is 2. The van der Waals surface area contributed by atoms with Gasteiger partial charge in [-0.15, -0.1) is 0 Å². The summed E-state index contributed by atoms with van der Waals surface area (Å²) < 4.78 is 52.7. The Morgan fingerprint density at radius 3 is 1.16 bits per heavy atom. The fourth-order valence-electron chi connectivity index (χ4n) is 4.55. The van der Waals surface area contributed by atoms with Crippen LogP contribution in [0.4, 0.5) is 11.4 Å². The number of nitrogens with one attached hydrogen (secondary N) is 2. The molecule has 0 unspecified atom stereocenters. The van der Waals surface area contributed by atoms with E-state index in [0.717, 1.165) is 0 Å². The van der Waals surface area contributed by atoms with Gasteiger partial charge in [-0.1, -0.05) is 35.9 Å². The molecular weight excluding hydrogens is 770 g/mol. The van der Waals surface area contributed by atoms with Crippen LogP contribution >= 0.6 is 11.6 Å². The number of esters is 2. The first-order valence-corrected chi connectivity index (χ1v) is 18.5. The number of amides is 2. The molecule has 0 radical (unpaired) electrons. The van der Waals surface area contributed by atoms with Crippen molar-refractivity contribution in [2.45, 2.75) is 0 Å². The molecule has 2 aromatic carbocycles. The molecule has 0 aliphatic carbocycles. The Labute approximate surface area is 336 Å². The van der Waals surface area contributed by atoms with Crippen molar-refractivity contribution in [2.75, 3.05) is 131 Å². The first-order valence-electron chi connectivity index (χ1n) is 18.1. The molecule has 57 heavy (non-hydrogen) atoms. The molecular formula is C39H50ClN3O14. The Kier molecular flexibility index (Phi) is 23.6. The van der Waals surface area contributed by atoms with Gasteiger partial charge in [0.05, 0.1) is 115 Å². The lowest BCUT2D eigenvalue weighted by atomic mass is 10.1. The molecule has 0 aliphatic heterocycles. The number of anilines is 2. The molecule has 17 nitrogen and oxygen atoms in total. The van der Waals surface area contributed by atoms with Gasteiger partial charge in [-0.05, 0) is 36.4 Å². The topological polar surface area (TPSA) is 198 Å². The minimum absolute atomic E-state index is 0.0335. The first-order chi connectivity index (χ1) is 27.8. The number of hydrogen-bond donors (Lipinski definition) is 2. The highest BCUT2D eigenvalue weighted by Crippen LogP contribution is 2.21. The number of nitrogens with zero attached hydrogens (tertiary/aromatic N) is 1. The third-order valence-electron chi connectivity index (χ3n) is 7.32. The molecule has 0 spiro atoms. The molecule has 0 bridgehead atoms. The molecule has 1 aromatic heterocycles. The fraction of sp³-hybridized carbons (Fsp3) is 0.462. The number of ether oxygens (including phenoxy) is 10. The highest BCUT2D eigenvalue weighted by molar-refractivity contribution is 6.31. The Balaban J connectivity index is 1.46. The SMILES string of the molecule is COCCOCCOCCOCCOC(=O)c1ccccc1NC(=O)c1cc(Cl)cc(C(=O)Nc2ccccc2C(=O)OCCOCCOCCOCCOC)n1. The molecule has 18 heteroatoms. The molecule has 312 valence electrons. The lowest BCUT2D eigenvalue weighted by Gasteiger charge is -2.13. The van der Waals surface area contributed by atoms with Gasteiger partial charge < -0.3 is 58.0 Å². The number of halogens is 1. The number of aromatic nitrogens is 1. The number of carbonyl (C=O) groups excluding carboxylic acids is 4. The number of pyridine rings is 1. The summed E-state index contributed by atoms with van der Waals surface area (Å²) in [5.41, 5.74) is 0.0496. The Bertz CT molecular complexity index is 1550. The van der Waals surface area contributed by atoms with E-state index >= 15 is 0 Å². The lowest BCUT2D eigenvalue weighted by Crippen LogP contribution is -2.21. The van der Waals surface area contributed by atoms with Gasteiger partial charge in [0.1, 0.15) is 24.6 Å². The third-order valence-corrected chi connectivity index (χ3v) is 7.54. The van der Waals surface area contributed by atoms with Gasteiger partial charge in [-0.25, -0.2) is 14.6 Å². The zero-order valence-electron chi connectivity index (χ0n) is 32.1. The summed E-state index contributed by atoms with van der Waals surface area (Å²) in [5.74, 6) is -2.87. The second-order valence-electron chi connectivity index (χ2n) is 11.5. The second kappa shape index (κ2) is 28.8. The lowest BCUT2D eigenvalue weighted by molar-refractivity contribution is -0.00557. The van der Waals surface area contributed by atoms with E-state index in [1.165, 1.54) is 36.4 Å². The number of hydrogen-bond acceptors (Lipinski definition) is 15. The van der Waals surface area contributed by atoms with Crippen LogP contribution in [0.15, 0.2) is 60.7 Å². The van der Waals surface area contributed by atoms with Crippen LogP contribution in [0, 0.1) is 0 Å². The third kappa shape index (κ3) is 19.0. The number of para-hydroxylation sites is 2. The van der Waals surface area contributed by atoms with Crippen molar-refractivity contribution in [1.82, 2.24) is 4.98 Å². The predicted octanol–water partition coefficient (Wildman–Crippen LogP) is 3.95. The summed E-state index contributed by atoms with van der Waals surface area (Å²) in [6.07, 6.45) is 0. The van der Waals surface area contributed by atoms with E-state index in [1.807, 2.05) is 0 Å². The molecule has 3 aromatic rings.